The Labute approximate surface area is 126 Å². The standard InChI is InChI=1S/C19H21NO/c1-3-4-5-13-19(21)20(2)15-14-17-11-8-10-16-9-6-7-12-18(16)17/h3-13H,14-15H2,1-2H3/b4-3+,13-5+. The SMILES string of the molecule is C/C=C/C=C/C(=O)N(C)CCc1cccc2ccccc12. The van der Waals surface area contributed by atoms with Crippen molar-refractivity contribution in [2.24, 2.45) is 0 Å². The van der Waals surface area contributed by atoms with Crippen LogP contribution in [0.3, 0.4) is 0 Å². The van der Waals surface area contributed by atoms with E-state index in [2.05, 4.69) is 36.4 Å². The number of benzene rings is 2. The summed E-state index contributed by atoms with van der Waals surface area (Å²) in [6.07, 6.45) is 8.00. The van der Waals surface area contributed by atoms with Gasteiger partial charge in [0.15, 0.2) is 0 Å². The highest BCUT2D eigenvalue weighted by atomic mass is 16.2. The predicted octanol–water partition coefficient (Wildman–Crippen LogP) is 3.97. The molecule has 2 aromatic carbocycles. The number of nitrogens with zero attached hydrogens (tertiary/aromatic N) is 1. The van der Waals surface area contributed by atoms with Gasteiger partial charge in [0.05, 0.1) is 0 Å². The summed E-state index contributed by atoms with van der Waals surface area (Å²) < 4.78 is 0. The minimum absolute atomic E-state index is 0.0355. The molecule has 0 radical (unpaired) electrons. The molecule has 0 aliphatic rings. The van der Waals surface area contributed by atoms with Gasteiger partial charge in [0.2, 0.25) is 5.91 Å². The second kappa shape index (κ2) is 7.44. The number of hydrogen-bond donors (Lipinski definition) is 0. The molecule has 0 saturated heterocycles. The first-order chi connectivity index (χ1) is 10.2. The summed E-state index contributed by atoms with van der Waals surface area (Å²) in [5, 5.41) is 2.52. The Morgan fingerprint density at radius 1 is 1.10 bits per heavy atom. The lowest BCUT2D eigenvalue weighted by Gasteiger charge is -2.15. The van der Waals surface area contributed by atoms with E-state index in [1.807, 2.05) is 32.2 Å². The lowest BCUT2D eigenvalue weighted by molar-refractivity contribution is -0.124. The van der Waals surface area contributed by atoms with Crippen LogP contribution >= 0.6 is 0 Å². The molecule has 0 bridgehead atoms. The van der Waals surface area contributed by atoms with Crippen LogP contribution in [0.2, 0.25) is 0 Å². The number of rotatable bonds is 5. The van der Waals surface area contributed by atoms with Crippen molar-refractivity contribution < 1.29 is 4.79 Å². The molecule has 0 N–H and O–H groups in total. The van der Waals surface area contributed by atoms with Gasteiger partial charge >= 0.3 is 0 Å². The maximum absolute atomic E-state index is 11.9. The third kappa shape index (κ3) is 4.06. The van der Waals surface area contributed by atoms with Crippen LogP contribution in [0.25, 0.3) is 10.8 Å². The number of likely N-dealkylation sites (N-methyl/N-ethyl adjacent to an activating group) is 1. The van der Waals surface area contributed by atoms with Crippen molar-refractivity contribution in [1.29, 1.82) is 0 Å². The summed E-state index contributed by atoms with van der Waals surface area (Å²) in [5.74, 6) is 0.0355. The van der Waals surface area contributed by atoms with Gasteiger partial charge in [0.1, 0.15) is 0 Å². The predicted molar refractivity (Wildman–Crippen MR) is 89.2 cm³/mol. The van der Waals surface area contributed by atoms with Gasteiger partial charge in [0, 0.05) is 19.7 Å². The zero-order valence-electron chi connectivity index (χ0n) is 12.6. The molecular formula is C19H21NO. The zero-order chi connectivity index (χ0) is 15.1. The highest BCUT2D eigenvalue weighted by Gasteiger charge is 2.06. The smallest absolute Gasteiger partial charge is 0.246 e. The molecule has 2 nitrogen and oxygen atoms in total. The Morgan fingerprint density at radius 3 is 2.67 bits per heavy atom. The van der Waals surface area contributed by atoms with Crippen molar-refractivity contribution in [3.63, 3.8) is 0 Å². The number of carbonyl (C=O) groups is 1. The molecule has 0 saturated carbocycles. The summed E-state index contributed by atoms with van der Waals surface area (Å²) in [7, 11) is 1.84. The molecule has 2 heteroatoms. The molecule has 0 unspecified atom stereocenters. The van der Waals surface area contributed by atoms with Crippen molar-refractivity contribution in [2.75, 3.05) is 13.6 Å². The number of fused-ring (bicyclic) bond motifs is 1. The quantitative estimate of drug-likeness (QED) is 0.599. The van der Waals surface area contributed by atoms with E-state index in [-0.39, 0.29) is 5.91 Å². The number of hydrogen-bond acceptors (Lipinski definition) is 1. The number of amides is 1. The molecule has 0 aliphatic heterocycles. The van der Waals surface area contributed by atoms with Crippen molar-refractivity contribution in [2.45, 2.75) is 13.3 Å². The van der Waals surface area contributed by atoms with Crippen molar-refractivity contribution >= 4 is 16.7 Å². The molecule has 0 fully saturated rings. The third-order valence-corrected chi connectivity index (χ3v) is 3.52. The van der Waals surface area contributed by atoms with E-state index in [4.69, 9.17) is 0 Å². The van der Waals surface area contributed by atoms with Gasteiger partial charge in [-0.25, -0.2) is 0 Å². The van der Waals surface area contributed by atoms with Gasteiger partial charge in [-0.2, -0.15) is 0 Å². The second-order valence-electron chi connectivity index (χ2n) is 5.03. The largest absolute Gasteiger partial charge is 0.342 e. The van der Waals surface area contributed by atoms with E-state index in [1.165, 1.54) is 16.3 Å². The van der Waals surface area contributed by atoms with E-state index in [0.717, 1.165) is 6.42 Å². The Bertz CT molecular complexity index is 665. The van der Waals surface area contributed by atoms with Crippen LogP contribution < -0.4 is 0 Å². The molecule has 2 aromatic rings. The first-order valence-corrected chi connectivity index (χ1v) is 7.23. The van der Waals surface area contributed by atoms with E-state index in [0.29, 0.717) is 6.54 Å². The minimum Gasteiger partial charge on any atom is -0.342 e. The van der Waals surface area contributed by atoms with Gasteiger partial charge < -0.3 is 4.90 Å². The molecular weight excluding hydrogens is 258 g/mol. The Balaban J connectivity index is 2.03. The summed E-state index contributed by atoms with van der Waals surface area (Å²) in [6, 6.07) is 14.7. The van der Waals surface area contributed by atoms with Gasteiger partial charge in [-0.05, 0) is 29.7 Å². The molecule has 21 heavy (non-hydrogen) atoms. The van der Waals surface area contributed by atoms with Crippen LogP contribution in [-0.2, 0) is 11.2 Å². The molecule has 0 atom stereocenters. The molecule has 2 rings (SSSR count). The number of carbonyl (C=O) groups excluding carboxylic acids is 1. The lowest BCUT2D eigenvalue weighted by atomic mass is 10.0. The van der Waals surface area contributed by atoms with Crippen molar-refractivity contribution in [3.8, 4) is 0 Å². The summed E-state index contributed by atoms with van der Waals surface area (Å²) in [5.41, 5.74) is 1.28. The monoisotopic (exact) mass is 279 g/mol. The van der Waals surface area contributed by atoms with Crippen molar-refractivity contribution in [3.05, 3.63) is 72.3 Å². The van der Waals surface area contributed by atoms with Gasteiger partial charge in [0.25, 0.3) is 0 Å². The molecule has 0 aromatic heterocycles. The highest BCUT2D eigenvalue weighted by molar-refractivity contribution is 5.88. The summed E-state index contributed by atoms with van der Waals surface area (Å²) in [6.45, 7) is 2.64. The number of allylic oxidation sites excluding steroid dienone is 3. The van der Waals surface area contributed by atoms with Crippen LogP contribution in [0, 0.1) is 0 Å². The minimum atomic E-state index is 0.0355. The Kier molecular flexibility index (Phi) is 5.33. The van der Waals surface area contributed by atoms with Crippen LogP contribution in [0.4, 0.5) is 0 Å². The average Bonchev–Trinajstić information content (AvgIpc) is 2.52. The maximum atomic E-state index is 11.9. The summed E-state index contributed by atoms with van der Waals surface area (Å²) >= 11 is 0. The Hall–Kier alpha value is -2.35. The second-order valence-corrected chi connectivity index (χ2v) is 5.03. The fourth-order valence-electron chi connectivity index (χ4n) is 2.29. The van der Waals surface area contributed by atoms with Gasteiger partial charge in [-0.15, -0.1) is 0 Å². The zero-order valence-corrected chi connectivity index (χ0v) is 12.6. The third-order valence-electron chi connectivity index (χ3n) is 3.52. The summed E-state index contributed by atoms with van der Waals surface area (Å²) in [4.78, 5) is 13.7. The van der Waals surface area contributed by atoms with Crippen LogP contribution in [-0.4, -0.2) is 24.4 Å². The van der Waals surface area contributed by atoms with E-state index < -0.39 is 0 Å². The lowest BCUT2D eigenvalue weighted by Crippen LogP contribution is -2.27. The highest BCUT2D eigenvalue weighted by Crippen LogP contribution is 2.18. The molecule has 0 heterocycles. The first-order valence-electron chi connectivity index (χ1n) is 7.23. The van der Waals surface area contributed by atoms with Crippen molar-refractivity contribution in [1.82, 2.24) is 4.90 Å². The normalized spacial score (nSPS) is 11.5. The van der Waals surface area contributed by atoms with Gasteiger partial charge in [-0.1, -0.05) is 60.7 Å². The van der Waals surface area contributed by atoms with E-state index in [9.17, 15) is 4.79 Å². The topological polar surface area (TPSA) is 20.3 Å². The van der Waals surface area contributed by atoms with Crippen LogP contribution in [0.1, 0.15) is 12.5 Å². The maximum Gasteiger partial charge on any atom is 0.246 e. The fraction of sp³-hybridized carbons (Fsp3) is 0.211. The van der Waals surface area contributed by atoms with Crippen LogP contribution in [0.15, 0.2) is 66.8 Å². The van der Waals surface area contributed by atoms with E-state index in [1.54, 1.807) is 17.1 Å². The average molecular weight is 279 g/mol. The molecule has 108 valence electrons. The molecule has 0 aliphatic carbocycles. The first kappa shape index (κ1) is 15.0. The van der Waals surface area contributed by atoms with Crippen LogP contribution in [0.5, 0.6) is 0 Å². The van der Waals surface area contributed by atoms with E-state index >= 15 is 0 Å². The van der Waals surface area contributed by atoms with Gasteiger partial charge in [-0.3, -0.25) is 4.79 Å². The Morgan fingerprint density at radius 2 is 1.86 bits per heavy atom. The fourth-order valence-corrected chi connectivity index (χ4v) is 2.29. The molecule has 1 amide bonds. The molecule has 0 spiro atoms.